The molecular formula is C5H4F8O4S. The molecule has 0 aliphatic rings. The van der Waals surface area contributed by atoms with E-state index < -0.39 is 41.2 Å². The van der Waals surface area contributed by atoms with Crippen LogP contribution in [0.2, 0.25) is 0 Å². The van der Waals surface area contributed by atoms with E-state index in [-0.39, 0.29) is 0 Å². The predicted octanol–water partition coefficient (Wildman–Crippen LogP) is 2.32. The van der Waals surface area contributed by atoms with Gasteiger partial charge in [0.25, 0.3) is 0 Å². The van der Waals surface area contributed by atoms with E-state index >= 15 is 0 Å². The van der Waals surface area contributed by atoms with Crippen molar-refractivity contribution in [3.05, 3.63) is 0 Å². The van der Waals surface area contributed by atoms with Crippen molar-refractivity contribution in [1.82, 2.24) is 0 Å². The Balaban J connectivity index is 5.64. The molecule has 0 aliphatic carbocycles. The van der Waals surface area contributed by atoms with Crippen LogP contribution >= 0.6 is 0 Å². The summed E-state index contributed by atoms with van der Waals surface area (Å²) in [5.74, 6) is -19.1. The van der Waals surface area contributed by atoms with E-state index in [9.17, 15) is 43.5 Å². The minimum Gasteiger partial charge on any atom is -0.263 e. The maximum absolute atomic E-state index is 12.5. The van der Waals surface area contributed by atoms with Gasteiger partial charge in [0.2, 0.25) is 0 Å². The van der Waals surface area contributed by atoms with Gasteiger partial charge in [-0.05, 0) is 0 Å². The van der Waals surface area contributed by atoms with Gasteiger partial charge in [-0.2, -0.15) is 47.7 Å². The van der Waals surface area contributed by atoms with Crippen molar-refractivity contribution in [3.8, 4) is 0 Å². The monoisotopic (exact) mass is 312 g/mol. The van der Waals surface area contributed by atoms with Crippen molar-refractivity contribution in [3.63, 3.8) is 0 Å². The first-order chi connectivity index (χ1) is 7.46. The van der Waals surface area contributed by atoms with Gasteiger partial charge in [0.1, 0.15) is 0 Å². The van der Waals surface area contributed by atoms with Gasteiger partial charge in [0.15, 0.2) is 0 Å². The maximum atomic E-state index is 12.5. The molecular weight excluding hydrogens is 308 g/mol. The zero-order valence-electron chi connectivity index (χ0n) is 8.10. The molecule has 0 rings (SSSR count). The van der Waals surface area contributed by atoms with Crippen LogP contribution in [0.1, 0.15) is 6.92 Å². The number of hydrogen-bond acceptors (Lipinski definition) is 3. The summed E-state index contributed by atoms with van der Waals surface area (Å²) in [5.41, 5.74) is 0. The minimum absolute atomic E-state index is 0.787. The van der Waals surface area contributed by atoms with Gasteiger partial charge in [-0.15, -0.1) is 0 Å². The summed E-state index contributed by atoms with van der Waals surface area (Å²) >= 11 is 0. The standard InChI is InChI=1S/C5H4F8O4S/c1-2(6,7)3(8,9)4(10,11)5(12,13)17-18(14,15)16/h1H3,(H,14,15,16). The van der Waals surface area contributed by atoms with Crippen LogP contribution in [-0.2, 0) is 14.6 Å². The van der Waals surface area contributed by atoms with E-state index in [1.165, 1.54) is 0 Å². The summed E-state index contributed by atoms with van der Waals surface area (Å²) in [6.07, 6.45) is -6.58. The topological polar surface area (TPSA) is 63.6 Å². The molecule has 0 fully saturated rings. The van der Waals surface area contributed by atoms with Crippen molar-refractivity contribution in [1.29, 1.82) is 0 Å². The SMILES string of the molecule is CC(F)(F)C(F)(F)C(F)(F)C(F)(F)OS(=O)(=O)O. The first-order valence-electron chi connectivity index (χ1n) is 3.65. The molecule has 0 atom stereocenters. The third-order valence-electron chi connectivity index (χ3n) is 1.52. The highest BCUT2D eigenvalue weighted by molar-refractivity contribution is 7.80. The number of rotatable bonds is 5. The van der Waals surface area contributed by atoms with E-state index in [0.29, 0.717) is 0 Å². The summed E-state index contributed by atoms with van der Waals surface area (Å²) in [7, 11) is -6.28. The van der Waals surface area contributed by atoms with E-state index in [0.717, 1.165) is 0 Å². The fourth-order valence-electron chi connectivity index (χ4n) is 0.643. The molecule has 0 unspecified atom stereocenters. The average Bonchev–Trinajstić information content (AvgIpc) is 1.95. The summed E-state index contributed by atoms with van der Waals surface area (Å²) in [6, 6.07) is 0. The van der Waals surface area contributed by atoms with Gasteiger partial charge < -0.3 is 0 Å². The zero-order chi connectivity index (χ0) is 15.2. The van der Waals surface area contributed by atoms with Crippen LogP contribution in [0.25, 0.3) is 0 Å². The van der Waals surface area contributed by atoms with Gasteiger partial charge in [0.05, 0.1) is 0 Å². The Labute approximate surface area is 94.5 Å². The van der Waals surface area contributed by atoms with Crippen LogP contribution in [0, 0.1) is 0 Å². The molecule has 0 heterocycles. The number of alkyl halides is 8. The molecule has 0 aromatic carbocycles. The van der Waals surface area contributed by atoms with Crippen molar-refractivity contribution in [2.45, 2.75) is 30.8 Å². The summed E-state index contributed by atoms with van der Waals surface area (Å²) in [5, 5.41) is 0. The number of halogens is 8. The minimum atomic E-state index is -6.89. The summed E-state index contributed by atoms with van der Waals surface area (Å²) in [6.45, 7) is -0.787. The van der Waals surface area contributed by atoms with Gasteiger partial charge in [0, 0.05) is 6.92 Å². The highest BCUT2D eigenvalue weighted by Crippen LogP contribution is 2.52. The fraction of sp³-hybridized carbons (Fsp3) is 1.00. The molecule has 13 heteroatoms. The maximum Gasteiger partial charge on any atom is 0.441 e. The van der Waals surface area contributed by atoms with E-state index in [2.05, 4.69) is 0 Å². The van der Waals surface area contributed by atoms with Crippen molar-refractivity contribution in [2.24, 2.45) is 0 Å². The largest absolute Gasteiger partial charge is 0.441 e. The molecule has 4 nitrogen and oxygen atoms in total. The number of hydrogen-bond donors (Lipinski definition) is 1. The van der Waals surface area contributed by atoms with Gasteiger partial charge in [-0.25, -0.2) is 0 Å². The lowest BCUT2D eigenvalue weighted by Gasteiger charge is -2.33. The Bertz CT molecular complexity index is 410. The lowest BCUT2D eigenvalue weighted by molar-refractivity contribution is -0.405. The second kappa shape index (κ2) is 4.16. The summed E-state index contributed by atoms with van der Waals surface area (Å²) in [4.78, 5) is 0. The van der Waals surface area contributed by atoms with Crippen molar-refractivity contribution in [2.75, 3.05) is 0 Å². The quantitative estimate of drug-likeness (QED) is 0.625. The molecule has 110 valence electrons. The fourth-order valence-corrected chi connectivity index (χ4v) is 1.01. The molecule has 0 aromatic heterocycles. The molecule has 18 heavy (non-hydrogen) atoms. The predicted molar refractivity (Wildman–Crippen MR) is 38.1 cm³/mol. The molecule has 0 saturated heterocycles. The smallest absolute Gasteiger partial charge is 0.263 e. The highest BCUT2D eigenvalue weighted by atomic mass is 32.3. The Morgan fingerprint density at radius 3 is 1.44 bits per heavy atom. The van der Waals surface area contributed by atoms with Crippen LogP contribution in [0.5, 0.6) is 0 Å². The normalized spacial score (nSPS) is 15.9. The molecule has 0 spiro atoms. The Morgan fingerprint density at radius 1 is 0.889 bits per heavy atom. The van der Waals surface area contributed by atoms with Crippen molar-refractivity contribution >= 4 is 10.4 Å². The Kier molecular flexibility index (Phi) is 4.00. The third-order valence-corrected chi connectivity index (χ3v) is 1.94. The molecule has 0 radical (unpaired) electrons. The Hall–Kier alpha value is -0.690. The second-order valence-electron chi connectivity index (χ2n) is 3.07. The molecule has 0 aliphatic heterocycles. The second-order valence-corrected chi connectivity index (χ2v) is 4.09. The van der Waals surface area contributed by atoms with E-state index in [1.54, 1.807) is 0 Å². The zero-order valence-corrected chi connectivity index (χ0v) is 8.92. The third kappa shape index (κ3) is 3.00. The first-order valence-corrected chi connectivity index (χ1v) is 5.01. The van der Waals surface area contributed by atoms with Crippen LogP contribution in [0.15, 0.2) is 0 Å². The van der Waals surface area contributed by atoms with Crippen LogP contribution < -0.4 is 0 Å². The highest BCUT2D eigenvalue weighted by Gasteiger charge is 2.81. The van der Waals surface area contributed by atoms with E-state index in [4.69, 9.17) is 4.55 Å². The van der Waals surface area contributed by atoms with Gasteiger partial charge in [-0.3, -0.25) is 4.55 Å². The molecule has 0 amide bonds. The average molecular weight is 312 g/mol. The van der Waals surface area contributed by atoms with Gasteiger partial charge in [-0.1, -0.05) is 0 Å². The lowest BCUT2D eigenvalue weighted by atomic mass is 10.1. The van der Waals surface area contributed by atoms with Crippen LogP contribution in [0.3, 0.4) is 0 Å². The van der Waals surface area contributed by atoms with Gasteiger partial charge >= 0.3 is 34.3 Å². The molecule has 0 saturated carbocycles. The first kappa shape index (κ1) is 17.3. The molecule has 1 N–H and O–H groups in total. The Morgan fingerprint density at radius 2 is 1.22 bits per heavy atom. The lowest BCUT2D eigenvalue weighted by Crippen LogP contribution is -2.62. The summed E-state index contributed by atoms with van der Waals surface area (Å²) < 4.78 is 128. The van der Waals surface area contributed by atoms with Crippen molar-refractivity contribution < 1.29 is 52.3 Å². The van der Waals surface area contributed by atoms with Crippen LogP contribution in [0.4, 0.5) is 35.1 Å². The van der Waals surface area contributed by atoms with Crippen LogP contribution in [-0.4, -0.2) is 36.8 Å². The molecule has 0 aromatic rings. The van der Waals surface area contributed by atoms with E-state index in [1.807, 2.05) is 4.18 Å². The molecule has 0 bridgehead atoms.